The van der Waals surface area contributed by atoms with Gasteiger partial charge in [-0.15, -0.1) is 12.4 Å². The van der Waals surface area contributed by atoms with E-state index in [2.05, 4.69) is 5.32 Å². The quantitative estimate of drug-likeness (QED) is 0.849. The lowest BCUT2D eigenvalue weighted by molar-refractivity contribution is -0.124. The van der Waals surface area contributed by atoms with Gasteiger partial charge in [0.2, 0.25) is 5.91 Å². The van der Waals surface area contributed by atoms with Gasteiger partial charge in [0, 0.05) is 5.92 Å². The van der Waals surface area contributed by atoms with Crippen LogP contribution in [0.1, 0.15) is 17.9 Å². The third-order valence-corrected chi connectivity index (χ3v) is 3.94. The normalized spacial score (nSPS) is 22.0. The number of benzene rings is 1. The zero-order chi connectivity index (χ0) is 15.7. The molecule has 1 aliphatic heterocycles. The van der Waals surface area contributed by atoms with Gasteiger partial charge in [0.05, 0.1) is 13.1 Å². The molecule has 0 saturated heterocycles. The first-order chi connectivity index (χ1) is 10.5. The van der Waals surface area contributed by atoms with Crippen LogP contribution in [-0.4, -0.2) is 38.1 Å². The average Bonchev–Trinajstić information content (AvgIpc) is 3.33. The Kier molecular flexibility index (Phi) is 5.31. The van der Waals surface area contributed by atoms with Crippen molar-refractivity contribution in [2.75, 3.05) is 26.3 Å². The third-order valence-electron chi connectivity index (χ3n) is 3.94. The molecule has 1 heterocycles. The second kappa shape index (κ2) is 6.88. The van der Waals surface area contributed by atoms with E-state index < -0.39 is 19.0 Å². The van der Waals surface area contributed by atoms with E-state index in [-0.39, 0.29) is 30.2 Å². The molecule has 3 N–H and O–H groups in total. The van der Waals surface area contributed by atoms with Crippen molar-refractivity contribution in [1.29, 1.82) is 0 Å². The number of nitrogens with one attached hydrogen (secondary N) is 1. The summed E-state index contributed by atoms with van der Waals surface area (Å²) >= 11 is 0. The molecule has 2 atom stereocenters. The number of hydrogen-bond donors (Lipinski definition) is 2. The molecule has 2 unspecified atom stereocenters. The Bertz CT molecular complexity index is 586. The van der Waals surface area contributed by atoms with E-state index in [9.17, 15) is 13.6 Å². The highest BCUT2D eigenvalue weighted by molar-refractivity contribution is 5.85. The number of nitrogens with two attached hydrogens (primary N) is 1. The molecule has 2 aliphatic rings. The monoisotopic (exact) mass is 348 g/mol. The summed E-state index contributed by atoms with van der Waals surface area (Å²) < 4.78 is 37.0. The van der Waals surface area contributed by atoms with Crippen molar-refractivity contribution in [3.05, 3.63) is 23.8 Å². The Balaban J connectivity index is 0.00000192. The first kappa shape index (κ1) is 17.7. The van der Waals surface area contributed by atoms with Crippen LogP contribution in [0.25, 0.3) is 0 Å². The number of rotatable bonds is 5. The van der Waals surface area contributed by atoms with Crippen molar-refractivity contribution in [1.82, 2.24) is 5.32 Å². The van der Waals surface area contributed by atoms with Crippen LogP contribution in [0.3, 0.4) is 0 Å². The second-order valence-corrected chi connectivity index (χ2v) is 5.63. The minimum Gasteiger partial charge on any atom is -0.486 e. The average molecular weight is 349 g/mol. The maximum Gasteiger partial charge on any atom is 0.277 e. The fourth-order valence-corrected chi connectivity index (χ4v) is 2.56. The number of ether oxygens (including phenoxy) is 2. The van der Waals surface area contributed by atoms with E-state index in [1.807, 2.05) is 18.2 Å². The van der Waals surface area contributed by atoms with Gasteiger partial charge in [-0.2, -0.15) is 0 Å². The number of alkyl halides is 2. The number of hydrogen-bond acceptors (Lipinski definition) is 4. The number of halogens is 3. The number of carbonyl (C=O) groups is 1. The van der Waals surface area contributed by atoms with Gasteiger partial charge in [-0.1, -0.05) is 6.07 Å². The fraction of sp³-hybridized carbons (Fsp3) is 0.533. The topological polar surface area (TPSA) is 73.6 Å². The Morgan fingerprint density at radius 2 is 2.00 bits per heavy atom. The zero-order valence-electron chi connectivity index (χ0n) is 12.4. The third kappa shape index (κ3) is 4.03. The molecule has 0 radical (unpaired) electrons. The maximum atomic E-state index is 13.0. The van der Waals surface area contributed by atoms with Crippen LogP contribution in [0, 0.1) is 5.92 Å². The van der Waals surface area contributed by atoms with Gasteiger partial charge in [0.1, 0.15) is 13.2 Å². The number of carbonyl (C=O) groups excluding carboxylic acids is 1. The molecule has 23 heavy (non-hydrogen) atoms. The van der Waals surface area contributed by atoms with Crippen molar-refractivity contribution in [2.24, 2.45) is 11.7 Å². The van der Waals surface area contributed by atoms with Crippen LogP contribution in [0.2, 0.25) is 0 Å². The van der Waals surface area contributed by atoms with Crippen LogP contribution in [0.15, 0.2) is 18.2 Å². The summed E-state index contributed by atoms with van der Waals surface area (Å²) in [6, 6.07) is 5.57. The van der Waals surface area contributed by atoms with Crippen molar-refractivity contribution >= 4 is 18.3 Å². The summed E-state index contributed by atoms with van der Waals surface area (Å²) in [6.07, 6.45) is 0.652. The Labute approximate surface area is 138 Å². The van der Waals surface area contributed by atoms with Gasteiger partial charge in [-0.05, 0) is 30.0 Å². The molecule has 1 amide bonds. The lowest BCUT2D eigenvalue weighted by Gasteiger charge is -2.19. The van der Waals surface area contributed by atoms with Crippen LogP contribution >= 0.6 is 12.4 Å². The molecule has 1 fully saturated rings. The number of fused-ring (bicyclic) bond motifs is 1. The van der Waals surface area contributed by atoms with Crippen LogP contribution in [-0.2, 0) is 4.79 Å². The summed E-state index contributed by atoms with van der Waals surface area (Å²) in [4.78, 5) is 11.9. The lowest BCUT2D eigenvalue weighted by atomic mass is 10.1. The highest BCUT2D eigenvalue weighted by atomic mass is 35.5. The summed E-state index contributed by atoms with van der Waals surface area (Å²) in [5, 5.41) is 2.27. The molecule has 0 bridgehead atoms. The van der Waals surface area contributed by atoms with Crippen LogP contribution in [0.5, 0.6) is 11.5 Å². The van der Waals surface area contributed by atoms with E-state index in [4.69, 9.17) is 15.2 Å². The Morgan fingerprint density at radius 1 is 1.30 bits per heavy atom. The predicted octanol–water partition coefficient (Wildman–Crippen LogP) is 1.69. The van der Waals surface area contributed by atoms with Gasteiger partial charge in [-0.3, -0.25) is 4.79 Å². The standard InChI is InChI=1S/C15H18F2N2O3.ClH/c16-15(17,7-18)8-19-14(20)11-6-10(11)9-1-2-12-13(5-9)22-4-3-21-12;/h1-2,5,10-11H,3-4,6-8,18H2,(H,19,20);1H. The van der Waals surface area contributed by atoms with Gasteiger partial charge in [0.15, 0.2) is 11.5 Å². The Hall–Kier alpha value is -1.60. The van der Waals surface area contributed by atoms with Crippen molar-refractivity contribution < 1.29 is 23.0 Å². The van der Waals surface area contributed by atoms with Gasteiger partial charge < -0.3 is 20.5 Å². The molecule has 0 aromatic heterocycles. The largest absolute Gasteiger partial charge is 0.486 e. The zero-order valence-corrected chi connectivity index (χ0v) is 13.2. The van der Waals surface area contributed by atoms with E-state index in [1.165, 1.54) is 0 Å². The SMILES string of the molecule is Cl.NCC(F)(F)CNC(=O)C1CC1c1ccc2c(c1)OCCO2. The molecule has 5 nitrogen and oxygen atoms in total. The van der Waals surface area contributed by atoms with E-state index in [0.29, 0.717) is 31.1 Å². The first-order valence-electron chi connectivity index (χ1n) is 7.25. The summed E-state index contributed by atoms with van der Waals surface area (Å²) in [5.74, 6) is -2.27. The molecule has 128 valence electrons. The van der Waals surface area contributed by atoms with Crippen molar-refractivity contribution in [2.45, 2.75) is 18.3 Å². The minimum absolute atomic E-state index is 0. The highest BCUT2D eigenvalue weighted by Crippen LogP contribution is 2.49. The molecule has 0 spiro atoms. The van der Waals surface area contributed by atoms with E-state index in [0.717, 1.165) is 5.56 Å². The smallest absolute Gasteiger partial charge is 0.277 e. The summed E-state index contributed by atoms with van der Waals surface area (Å²) in [5.41, 5.74) is 5.91. The van der Waals surface area contributed by atoms with Gasteiger partial charge in [-0.25, -0.2) is 8.78 Å². The van der Waals surface area contributed by atoms with Crippen molar-refractivity contribution in [3.63, 3.8) is 0 Å². The first-order valence-corrected chi connectivity index (χ1v) is 7.25. The summed E-state index contributed by atoms with van der Waals surface area (Å²) in [6.45, 7) is -0.467. The van der Waals surface area contributed by atoms with Crippen molar-refractivity contribution in [3.8, 4) is 11.5 Å². The molecular formula is C15H19ClF2N2O3. The molecule has 8 heteroatoms. The minimum atomic E-state index is -3.06. The van der Waals surface area contributed by atoms with Gasteiger partial charge >= 0.3 is 0 Å². The van der Waals surface area contributed by atoms with E-state index >= 15 is 0 Å². The summed E-state index contributed by atoms with van der Waals surface area (Å²) in [7, 11) is 0. The Morgan fingerprint density at radius 3 is 2.70 bits per heavy atom. The molecule has 1 aromatic carbocycles. The molecule has 1 saturated carbocycles. The number of amides is 1. The second-order valence-electron chi connectivity index (χ2n) is 5.63. The molecule has 1 aromatic rings. The fourth-order valence-electron chi connectivity index (χ4n) is 2.56. The molecule has 1 aliphatic carbocycles. The lowest BCUT2D eigenvalue weighted by Crippen LogP contribution is -2.42. The molecular weight excluding hydrogens is 330 g/mol. The van der Waals surface area contributed by atoms with E-state index in [1.54, 1.807) is 0 Å². The van der Waals surface area contributed by atoms with Gasteiger partial charge in [0.25, 0.3) is 5.92 Å². The van der Waals surface area contributed by atoms with Crippen LogP contribution < -0.4 is 20.5 Å². The predicted molar refractivity (Wildman–Crippen MR) is 82.5 cm³/mol. The molecule has 3 rings (SSSR count). The highest BCUT2D eigenvalue weighted by Gasteiger charge is 2.45. The maximum absolute atomic E-state index is 13.0. The van der Waals surface area contributed by atoms with Crippen LogP contribution in [0.4, 0.5) is 8.78 Å².